The van der Waals surface area contributed by atoms with Gasteiger partial charge in [-0.3, -0.25) is 0 Å². The largest absolute Gasteiger partial charge is 0.400 e. The van der Waals surface area contributed by atoms with E-state index in [-0.39, 0.29) is 0 Å². The third-order valence-electron chi connectivity index (χ3n) is 1.68. The van der Waals surface area contributed by atoms with Crippen molar-refractivity contribution < 1.29 is 9.84 Å². The van der Waals surface area contributed by atoms with Crippen molar-refractivity contribution in [3.63, 3.8) is 0 Å². The highest BCUT2D eigenvalue weighted by atomic mass is 16.5. The van der Waals surface area contributed by atoms with Crippen LogP contribution in [0.5, 0.6) is 0 Å². The number of morpholine rings is 1. The molecule has 1 aliphatic heterocycles. The number of aliphatic hydroxyl groups excluding tert-OH is 1. The molecule has 0 aromatic carbocycles. The molecule has 11 heavy (non-hydrogen) atoms. The van der Waals surface area contributed by atoms with Crippen molar-refractivity contribution in [3.05, 3.63) is 0 Å². The lowest BCUT2D eigenvalue weighted by Crippen LogP contribution is -2.42. The van der Waals surface area contributed by atoms with Crippen molar-refractivity contribution >= 4 is 0 Å². The zero-order chi connectivity index (χ0) is 8.69. The fraction of sp³-hybridized carbons (Fsp3) is 1.00. The molecule has 1 saturated heterocycles. The summed E-state index contributed by atoms with van der Waals surface area (Å²) in [5, 5.41) is 10.3. The topological polar surface area (TPSA) is 41.5 Å². The van der Waals surface area contributed by atoms with E-state index in [0.29, 0.717) is 12.2 Å². The van der Waals surface area contributed by atoms with Gasteiger partial charge in [-0.05, 0) is 13.3 Å². The van der Waals surface area contributed by atoms with Crippen LogP contribution in [0.15, 0.2) is 0 Å². The first-order valence-electron chi connectivity index (χ1n) is 4.13. The summed E-state index contributed by atoms with van der Waals surface area (Å²) in [6.07, 6.45) is 1.98. The molecule has 3 heteroatoms. The van der Waals surface area contributed by atoms with E-state index in [4.69, 9.17) is 9.84 Å². The van der Waals surface area contributed by atoms with Crippen molar-refractivity contribution in [3.8, 4) is 0 Å². The predicted octanol–water partition coefficient (Wildman–Crippen LogP) is 0.382. The van der Waals surface area contributed by atoms with Crippen LogP contribution < -0.4 is 5.32 Å². The van der Waals surface area contributed by atoms with Gasteiger partial charge in [0.15, 0.2) is 0 Å². The quantitative estimate of drug-likeness (QED) is 0.584. The van der Waals surface area contributed by atoms with E-state index < -0.39 is 0 Å². The van der Waals surface area contributed by atoms with E-state index in [0.717, 1.165) is 26.6 Å². The summed E-state index contributed by atoms with van der Waals surface area (Å²) in [5.74, 6) is 0. The van der Waals surface area contributed by atoms with Crippen LogP contribution in [0.2, 0.25) is 0 Å². The molecule has 0 aromatic heterocycles. The van der Waals surface area contributed by atoms with Crippen LogP contribution in [0.3, 0.4) is 0 Å². The zero-order valence-corrected chi connectivity index (χ0v) is 7.63. The molecular weight excluding hydrogens is 142 g/mol. The third kappa shape index (κ3) is 4.35. The Labute approximate surface area is 68.8 Å². The predicted molar refractivity (Wildman–Crippen MR) is 45.6 cm³/mol. The Hall–Kier alpha value is -0.120. The summed E-state index contributed by atoms with van der Waals surface area (Å²) < 4.78 is 5.57. The van der Waals surface area contributed by atoms with Crippen LogP contribution in [-0.4, -0.2) is 37.5 Å². The monoisotopic (exact) mass is 161 g/mol. The van der Waals surface area contributed by atoms with Crippen molar-refractivity contribution in [2.75, 3.05) is 20.2 Å². The SMILES string of the molecule is CCC1CNCC(C)O1.CO. The molecule has 1 fully saturated rings. The van der Waals surface area contributed by atoms with E-state index in [2.05, 4.69) is 19.2 Å². The van der Waals surface area contributed by atoms with Gasteiger partial charge in [0, 0.05) is 20.2 Å². The van der Waals surface area contributed by atoms with Gasteiger partial charge in [-0.25, -0.2) is 0 Å². The van der Waals surface area contributed by atoms with Gasteiger partial charge in [0.2, 0.25) is 0 Å². The number of ether oxygens (including phenoxy) is 1. The summed E-state index contributed by atoms with van der Waals surface area (Å²) in [5.41, 5.74) is 0. The first kappa shape index (κ1) is 10.9. The van der Waals surface area contributed by atoms with Crippen LogP contribution in [-0.2, 0) is 4.74 Å². The molecule has 68 valence electrons. The highest BCUT2D eigenvalue weighted by molar-refractivity contribution is 4.69. The molecule has 2 unspecified atom stereocenters. The first-order chi connectivity index (χ1) is 5.33. The maximum atomic E-state index is 7.00. The van der Waals surface area contributed by atoms with Crippen molar-refractivity contribution in [1.82, 2.24) is 5.32 Å². The van der Waals surface area contributed by atoms with Crippen molar-refractivity contribution in [1.29, 1.82) is 0 Å². The van der Waals surface area contributed by atoms with E-state index in [1.54, 1.807) is 0 Å². The second kappa shape index (κ2) is 6.58. The Balaban J connectivity index is 0.000000461. The average molecular weight is 161 g/mol. The highest BCUT2D eigenvalue weighted by Gasteiger charge is 2.15. The zero-order valence-electron chi connectivity index (χ0n) is 7.63. The van der Waals surface area contributed by atoms with Gasteiger partial charge in [0.05, 0.1) is 12.2 Å². The molecule has 0 bridgehead atoms. The number of hydrogen-bond acceptors (Lipinski definition) is 3. The standard InChI is InChI=1S/C7H15NO.CH4O/c1-3-7-5-8-4-6(2)9-7;1-2/h6-8H,3-5H2,1-2H3;2H,1H3. The number of rotatable bonds is 1. The van der Waals surface area contributed by atoms with Gasteiger partial charge < -0.3 is 15.2 Å². The molecule has 0 aromatic rings. The van der Waals surface area contributed by atoms with Crippen LogP contribution >= 0.6 is 0 Å². The van der Waals surface area contributed by atoms with Gasteiger partial charge >= 0.3 is 0 Å². The van der Waals surface area contributed by atoms with Gasteiger partial charge in [-0.2, -0.15) is 0 Å². The van der Waals surface area contributed by atoms with Gasteiger partial charge in [0.1, 0.15) is 0 Å². The minimum Gasteiger partial charge on any atom is -0.400 e. The Bertz CT molecular complexity index is 88.2. The molecule has 2 atom stereocenters. The molecular formula is C8H19NO2. The summed E-state index contributed by atoms with van der Waals surface area (Å²) >= 11 is 0. The highest BCUT2D eigenvalue weighted by Crippen LogP contribution is 2.05. The van der Waals surface area contributed by atoms with E-state index >= 15 is 0 Å². The Morgan fingerprint density at radius 3 is 2.45 bits per heavy atom. The van der Waals surface area contributed by atoms with Gasteiger partial charge in [0.25, 0.3) is 0 Å². The minimum absolute atomic E-state index is 0.406. The first-order valence-corrected chi connectivity index (χ1v) is 4.13. The molecule has 1 heterocycles. The number of hydrogen-bond donors (Lipinski definition) is 2. The molecule has 1 rings (SSSR count). The van der Waals surface area contributed by atoms with Crippen LogP contribution in [0.25, 0.3) is 0 Å². The molecule has 3 nitrogen and oxygen atoms in total. The lowest BCUT2D eigenvalue weighted by atomic mass is 10.2. The molecule has 0 radical (unpaired) electrons. The van der Waals surface area contributed by atoms with Gasteiger partial charge in [-0.15, -0.1) is 0 Å². The lowest BCUT2D eigenvalue weighted by Gasteiger charge is -2.27. The molecule has 0 aliphatic carbocycles. The normalized spacial score (nSPS) is 30.5. The Morgan fingerprint density at radius 2 is 2.09 bits per heavy atom. The smallest absolute Gasteiger partial charge is 0.0701 e. The summed E-state index contributed by atoms with van der Waals surface area (Å²) in [6, 6.07) is 0. The molecule has 1 aliphatic rings. The number of nitrogens with one attached hydrogen (secondary N) is 1. The average Bonchev–Trinajstić information content (AvgIpc) is 2.08. The molecule has 2 N–H and O–H groups in total. The maximum absolute atomic E-state index is 7.00. The molecule has 0 spiro atoms. The van der Waals surface area contributed by atoms with Crippen LogP contribution in [0, 0.1) is 0 Å². The molecule has 0 saturated carbocycles. The number of aliphatic hydroxyl groups is 1. The van der Waals surface area contributed by atoms with E-state index in [9.17, 15) is 0 Å². The second-order valence-electron chi connectivity index (χ2n) is 2.64. The van der Waals surface area contributed by atoms with Crippen LogP contribution in [0.4, 0.5) is 0 Å². The molecule has 0 amide bonds. The minimum atomic E-state index is 0.406. The fourth-order valence-corrected chi connectivity index (χ4v) is 1.11. The Kier molecular flexibility index (Phi) is 6.51. The summed E-state index contributed by atoms with van der Waals surface area (Å²) in [6.45, 7) is 6.30. The fourth-order valence-electron chi connectivity index (χ4n) is 1.11. The van der Waals surface area contributed by atoms with Gasteiger partial charge in [-0.1, -0.05) is 6.92 Å². The van der Waals surface area contributed by atoms with E-state index in [1.165, 1.54) is 0 Å². The maximum Gasteiger partial charge on any atom is 0.0701 e. The second-order valence-corrected chi connectivity index (χ2v) is 2.64. The van der Waals surface area contributed by atoms with Crippen molar-refractivity contribution in [2.45, 2.75) is 32.5 Å². The van der Waals surface area contributed by atoms with E-state index in [1.807, 2.05) is 0 Å². The van der Waals surface area contributed by atoms with Crippen LogP contribution in [0.1, 0.15) is 20.3 Å². The summed E-state index contributed by atoms with van der Waals surface area (Å²) in [7, 11) is 1.00. The third-order valence-corrected chi connectivity index (χ3v) is 1.68. The lowest BCUT2D eigenvalue weighted by molar-refractivity contribution is -0.0283. The summed E-state index contributed by atoms with van der Waals surface area (Å²) in [4.78, 5) is 0. The Morgan fingerprint density at radius 1 is 1.45 bits per heavy atom. The van der Waals surface area contributed by atoms with Crippen molar-refractivity contribution in [2.24, 2.45) is 0 Å².